The van der Waals surface area contributed by atoms with Gasteiger partial charge in [0.2, 0.25) is 0 Å². The van der Waals surface area contributed by atoms with Crippen molar-refractivity contribution in [3.05, 3.63) is 101 Å². The predicted octanol–water partition coefficient (Wildman–Crippen LogP) is 4.18. The van der Waals surface area contributed by atoms with Crippen LogP contribution in [0.15, 0.2) is 89.0 Å². The van der Waals surface area contributed by atoms with Crippen LogP contribution in [0.5, 0.6) is 0 Å². The van der Waals surface area contributed by atoms with Crippen molar-refractivity contribution in [1.82, 2.24) is 9.40 Å². The summed E-state index contributed by atoms with van der Waals surface area (Å²) in [6, 6.07) is 24.1. The molecule has 0 unspecified atom stereocenters. The SMILES string of the molecule is Cc1ccc(S(=O)(=O)N/N=C/c2cn(Cc3ccccc3C#N)c3ccccc23)cc1. The van der Waals surface area contributed by atoms with Crippen LogP contribution in [0.3, 0.4) is 0 Å². The smallest absolute Gasteiger partial charge is 0.276 e. The number of aromatic nitrogens is 1. The van der Waals surface area contributed by atoms with Gasteiger partial charge in [0.25, 0.3) is 10.0 Å². The fourth-order valence-corrected chi connectivity index (χ4v) is 4.19. The van der Waals surface area contributed by atoms with E-state index in [-0.39, 0.29) is 4.90 Å². The normalized spacial score (nSPS) is 11.6. The van der Waals surface area contributed by atoms with Gasteiger partial charge in [-0.15, -0.1) is 0 Å². The first-order chi connectivity index (χ1) is 15.0. The van der Waals surface area contributed by atoms with Crippen molar-refractivity contribution in [3.63, 3.8) is 0 Å². The lowest BCUT2D eigenvalue weighted by Crippen LogP contribution is -2.18. The van der Waals surface area contributed by atoms with Crippen molar-refractivity contribution in [2.24, 2.45) is 5.10 Å². The Hall–Kier alpha value is -3.89. The highest BCUT2D eigenvalue weighted by Gasteiger charge is 2.13. The molecule has 0 radical (unpaired) electrons. The molecule has 31 heavy (non-hydrogen) atoms. The van der Waals surface area contributed by atoms with Crippen molar-refractivity contribution in [2.45, 2.75) is 18.4 Å². The fourth-order valence-electron chi connectivity index (χ4n) is 3.40. The zero-order chi connectivity index (χ0) is 21.8. The Kier molecular flexibility index (Phi) is 5.56. The minimum Gasteiger partial charge on any atom is -0.342 e. The van der Waals surface area contributed by atoms with Crippen LogP contribution < -0.4 is 4.83 Å². The molecule has 1 heterocycles. The van der Waals surface area contributed by atoms with Crippen LogP contribution in [0, 0.1) is 18.3 Å². The van der Waals surface area contributed by atoms with Crippen LogP contribution in [0.2, 0.25) is 0 Å². The van der Waals surface area contributed by atoms with E-state index >= 15 is 0 Å². The van der Waals surface area contributed by atoms with Crippen LogP contribution in [-0.4, -0.2) is 19.2 Å². The fraction of sp³-hybridized carbons (Fsp3) is 0.0833. The van der Waals surface area contributed by atoms with Gasteiger partial charge in [-0.2, -0.15) is 18.8 Å². The van der Waals surface area contributed by atoms with Gasteiger partial charge in [-0.25, -0.2) is 4.83 Å². The highest BCUT2D eigenvalue weighted by atomic mass is 32.2. The lowest BCUT2D eigenvalue weighted by atomic mass is 10.1. The number of nitrogens with zero attached hydrogens (tertiary/aromatic N) is 3. The van der Waals surface area contributed by atoms with Crippen LogP contribution in [0.1, 0.15) is 22.3 Å². The summed E-state index contributed by atoms with van der Waals surface area (Å²) in [6.07, 6.45) is 3.41. The number of benzene rings is 3. The molecule has 0 aliphatic heterocycles. The highest BCUT2D eigenvalue weighted by molar-refractivity contribution is 7.89. The number of hydrogen-bond donors (Lipinski definition) is 1. The molecule has 0 saturated heterocycles. The molecule has 7 heteroatoms. The molecule has 0 amide bonds. The second-order valence-electron chi connectivity index (χ2n) is 7.16. The van der Waals surface area contributed by atoms with Gasteiger partial charge in [0.1, 0.15) is 0 Å². The maximum atomic E-state index is 12.5. The molecule has 0 saturated carbocycles. The molecule has 4 rings (SSSR count). The number of para-hydroxylation sites is 1. The standard InChI is InChI=1S/C24H20N4O2S/c1-18-10-12-22(13-11-18)31(29,30)27-26-15-21-17-28(24-9-5-4-8-23(21)24)16-20-7-3-2-6-19(20)14-25/h2-13,15,17,27H,16H2,1H3/b26-15+. The lowest BCUT2D eigenvalue weighted by molar-refractivity contribution is 0.584. The molecule has 0 spiro atoms. The van der Waals surface area contributed by atoms with Gasteiger partial charge < -0.3 is 4.57 Å². The third-order valence-electron chi connectivity index (χ3n) is 5.01. The van der Waals surface area contributed by atoms with E-state index < -0.39 is 10.0 Å². The summed E-state index contributed by atoms with van der Waals surface area (Å²) < 4.78 is 26.9. The molecule has 0 aliphatic rings. The number of nitrogens with one attached hydrogen (secondary N) is 1. The number of hydrogen-bond acceptors (Lipinski definition) is 4. The van der Waals surface area contributed by atoms with Crippen LogP contribution in [0.4, 0.5) is 0 Å². The number of nitriles is 1. The largest absolute Gasteiger partial charge is 0.342 e. The Morgan fingerprint density at radius 3 is 2.52 bits per heavy atom. The molecule has 0 bridgehead atoms. The van der Waals surface area contributed by atoms with Crippen LogP contribution in [0.25, 0.3) is 10.9 Å². The van der Waals surface area contributed by atoms with E-state index in [1.807, 2.05) is 60.2 Å². The molecule has 1 aromatic heterocycles. The van der Waals surface area contributed by atoms with Gasteiger partial charge in [0.15, 0.2) is 0 Å². The van der Waals surface area contributed by atoms with Crippen molar-refractivity contribution in [2.75, 3.05) is 0 Å². The molecule has 0 atom stereocenters. The maximum absolute atomic E-state index is 12.5. The Bertz CT molecular complexity index is 1410. The van der Waals surface area contributed by atoms with E-state index in [0.29, 0.717) is 12.1 Å². The zero-order valence-corrected chi connectivity index (χ0v) is 17.7. The van der Waals surface area contributed by atoms with Crippen molar-refractivity contribution in [1.29, 1.82) is 5.26 Å². The van der Waals surface area contributed by atoms with Gasteiger partial charge in [0, 0.05) is 29.2 Å². The van der Waals surface area contributed by atoms with Gasteiger partial charge in [0.05, 0.1) is 22.7 Å². The van der Waals surface area contributed by atoms with Crippen molar-refractivity contribution < 1.29 is 8.42 Å². The predicted molar refractivity (Wildman–Crippen MR) is 121 cm³/mol. The first-order valence-electron chi connectivity index (χ1n) is 9.65. The topological polar surface area (TPSA) is 87.2 Å². The lowest BCUT2D eigenvalue weighted by Gasteiger charge is -2.07. The Morgan fingerprint density at radius 1 is 1.03 bits per heavy atom. The molecule has 3 aromatic carbocycles. The maximum Gasteiger partial charge on any atom is 0.276 e. The van der Waals surface area contributed by atoms with Crippen LogP contribution >= 0.6 is 0 Å². The summed E-state index contributed by atoms with van der Waals surface area (Å²) in [5.41, 5.74) is 4.26. The van der Waals surface area contributed by atoms with E-state index in [1.165, 1.54) is 6.21 Å². The first kappa shape index (κ1) is 20.4. The Morgan fingerprint density at radius 2 is 1.74 bits per heavy atom. The summed E-state index contributed by atoms with van der Waals surface area (Å²) in [5, 5.41) is 14.3. The van der Waals surface area contributed by atoms with E-state index in [2.05, 4.69) is 16.0 Å². The second kappa shape index (κ2) is 8.46. The summed E-state index contributed by atoms with van der Waals surface area (Å²) >= 11 is 0. The number of aryl methyl sites for hydroxylation is 1. The monoisotopic (exact) mass is 428 g/mol. The highest BCUT2D eigenvalue weighted by Crippen LogP contribution is 2.22. The summed E-state index contributed by atoms with van der Waals surface area (Å²) in [6.45, 7) is 2.42. The summed E-state index contributed by atoms with van der Waals surface area (Å²) in [4.78, 5) is 2.43. The van der Waals surface area contributed by atoms with Crippen LogP contribution in [-0.2, 0) is 16.6 Å². The molecule has 0 aliphatic carbocycles. The summed E-state index contributed by atoms with van der Waals surface area (Å²) in [7, 11) is -3.74. The minimum atomic E-state index is -3.74. The molecule has 1 N–H and O–H groups in total. The average molecular weight is 429 g/mol. The van der Waals surface area contributed by atoms with E-state index in [4.69, 9.17) is 0 Å². The van der Waals surface area contributed by atoms with E-state index in [9.17, 15) is 13.7 Å². The number of rotatable bonds is 6. The van der Waals surface area contributed by atoms with Gasteiger partial charge in [-0.1, -0.05) is 54.1 Å². The van der Waals surface area contributed by atoms with Gasteiger partial charge in [-0.3, -0.25) is 0 Å². The van der Waals surface area contributed by atoms with Gasteiger partial charge >= 0.3 is 0 Å². The quantitative estimate of drug-likeness (QED) is 0.369. The molecular weight excluding hydrogens is 408 g/mol. The van der Waals surface area contributed by atoms with Crippen molar-refractivity contribution >= 4 is 27.1 Å². The van der Waals surface area contributed by atoms with E-state index in [1.54, 1.807) is 30.3 Å². The van der Waals surface area contributed by atoms with Gasteiger partial charge in [-0.05, 0) is 36.8 Å². The molecule has 0 fully saturated rings. The number of sulfonamides is 1. The number of fused-ring (bicyclic) bond motifs is 1. The Balaban J connectivity index is 1.63. The number of hydrazone groups is 1. The third kappa shape index (κ3) is 4.34. The van der Waals surface area contributed by atoms with Crippen molar-refractivity contribution in [3.8, 4) is 6.07 Å². The molecular formula is C24H20N4O2S. The minimum absolute atomic E-state index is 0.158. The molecule has 154 valence electrons. The van der Waals surface area contributed by atoms with E-state index in [0.717, 1.165) is 27.6 Å². The Labute approximate surface area is 181 Å². The summed E-state index contributed by atoms with van der Waals surface area (Å²) in [5.74, 6) is 0. The zero-order valence-electron chi connectivity index (χ0n) is 16.9. The second-order valence-corrected chi connectivity index (χ2v) is 8.83. The average Bonchev–Trinajstić information content (AvgIpc) is 3.12. The first-order valence-corrected chi connectivity index (χ1v) is 11.1. The molecule has 6 nitrogen and oxygen atoms in total. The third-order valence-corrected chi connectivity index (χ3v) is 6.24. The molecule has 4 aromatic rings.